The summed E-state index contributed by atoms with van der Waals surface area (Å²) in [4.78, 5) is 36.0. The number of amides is 1. The third kappa shape index (κ3) is 5.05. The molecule has 0 saturated heterocycles. The van der Waals surface area contributed by atoms with Crippen LogP contribution in [0.1, 0.15) is 52.7 Å². The van der Waals surface area contributed by atoms with E-state index >= 15 is 0 Å². The average Bonchev–Trinajstić information content (AvgIpc) is 3.17. The maximum absolute atomic E-state index is 12.3. The Morgan fingerprint density at radius 1 is 1.11 bits per heavy atom. The van der Waals surface area contributed by atoms with Crippen LogP contribution in [0.15, 0.2) is 29.6 Å². The second-order valence-electron chi connectivity index (χ2n) is 6.60. The van der Waals surface area contributed by atoms with Crippen LogP contribution in [0.3, 0.4) is 0 Å². The summed E-state index contributed by atoms with van der Waals surface area (Å²) in [5.74, 6) is -1.23. The molecule has 1 amide bonds. The van der Waals surface area contributed by atoms with Crippen LogP contribution in [-0.2, 0) is 27.2 Å². The molecule has 0 unspecified atom stereocenters. The van der Waals surface area contributed by atoms with Gasteiger partial charge in [-0.05, 0) is 54.3 Å². The smallest absolute Gasteiger partial charge is 0.306 e. The van der Waals surface area contributed by atoms with Crippen LogP contribution in [0.2, 0.25) is 0 Å². The quantitative estimate of drug-likeness (QED) is 0.569. The highest BCUT2D eigenvalue weighted by molar-refractivity contribution is 7.14. The van der Waals surface area contributed by atoms with E-state index in [9.17, 15) is 14.4 Å². The lowest BCUT2D eigenvalue weighted by atomic mass is 9.89. The lowest BCUT2D eigenvalue weighted by Gasteiger charge is -2.16. The summed E-state index contributed by atoms with van der Waals surface area (Å²) in [6.07, 6.45) is 4.34. The van der Waals surface area contributed by atoms with Gasteiger partial charge in [0.25, 0.3) is 5.91 Å². The summed E-state index contributed by atoms with van der Waals surface area (Å²) in [6, 6.07) is 9.32. The van der Waals surface area contributed by atoms with E-state index in [4.69, 9.17) is 10.00 Å². The molecule has 0 spiro atoms. The number of fused-ring (bicyclic) bond motifs is 1. The van der Waals surface area contributed by atoms with Gasteiger partial charge in [0.05, 0.1) is 12.0 Å². The number of Topliss-reactive ketones (excluding diaryl/α,β-unsaturated/α-hetero) is 1. The zero-order valence-electron chi connectivity index (χ0n) is 15.3. The Hall–Kier alpha value is -2.98. The molecule has 1 heterocycles. The molecular weight excluding hydrogens is 376 g/mol. The van der Waals surface area contributed by atoms with Gasteiger partial charge in [-0.1, -0.05) is 12.1 Å². The zero-order valence-corrected chi connectivity index (χ0v) is 16.1. The molecule has 2 aromatic rings. The van der Waals surface area contributed by atoms with Gasteiger partial charge in [-0.15, -0.1) is 11.3 Å². The topological polar surface area (TPSA) is 96.3 Å². The summed E-state index contributed by atoms with van der Waals surface area (Å²) in [6.45, 7) is -0.450. The molecule has 1 aliphatic carbocycles. The molecule has 0 fully saturated rings. The first-order valence-electron chi connectivity index (χ1n) is 9.15. The number of hydrogen-bond acceptors (Lipinski definition) is 6. The first-order valence-corrected chi connectivity index (χ1v) is 10.0. The van der Waals surface area contributed by atoms with E-state index in [2.05, 4.69) is 5.32 Å². The molecule has 7 heteroatoms. The van der Waals surface area contributed by atoms with Crippen molar-refractivity contribution in [2.24, 2.45) is 0 Å². The van der Waals surface area contributed by atoms with Crippen molar-refractivity contribution in [1.29, 1.82) is 5.26 Å². The van der Waals surface area contributed by atoms with Crippen LogP contribution in [0.25, 0.3) is 0 Å². The number of ketones is 1. The predicted octanol–water partition coefficient (Wildman–Crippen LogP) is 3.64. The van der Waals surface area contributed by atoms with Crippen molar-refractivity contribution in [3.63, 3.8) is 0 Å². The van der Waals surface area contributed by atoms with Crippen LogP contribution in [0, 0.1) is 11.3 Å². The number of nitrogens with zero attached hydrogens (tertiary/aromatic N) is 1. The fourth-order valence-corrected chi connectivity index (χ4v) is 3.90. The van der Waals surface area contributed by atoms with E-state index in [0.29, 0.717) is 16.1 Å². The minimum Gasteiger partial charge on any atom is -0.456 e. The number of carbonyl (C=O) groups excluding carboxylic acids is 3. The Labute approximate surface area is 167 Å². The first kappa shape index (κ1) is 19.8. The minimum absolute atomic E-state index is 0.0444. The normalized spacial score (nSPS) is 12.5. The van der Waals surface area contributed by atoms with Gasteiger partial charge in [0, 0.05) is 12.0 Å². The van der Waals surface area contributed by atoms with Crippen LogP contribution in [0.5, 0.6) is 0 Å². The van der Waals surface area contributed by atoms with E-state index < -0.39 is 18.5 Å². The molecule has 1 aromatic carbocycles. The molecule has 1 N–H and O–H groups in total. The average molecular weight is 396 g/mol. The Bertz CT molecular complexity index is 942. The number of thiophene rings is 1. The molecule has 6 nitrogen and oxygen atoms in total. The zero-order chi connectivity index (χ0) is 19.9. The van der Waals surface area contributed by atoms with Gasteiger partial charge in [0.1, 0.15) is 11.1 Å². The van der Waals surface area contributed by atoms with E-state index in [1.807, 2.05) is 24.3 Å². The SMILES string of the molecule is N#Cc1ccsc1NC(=O)COC(=O)CCC(=O)c1ccc2c(c1)CCCC2. The van der Waals surface area contributed by atoms with Crippen molar-refractivity contribution in [3.8, 4) is 6.07 Å². The number of rotatable bonds is 7. The van der Waals surface area contributed by atoms with E-state index in [1.165, 1.54) is 28.9 Å². The highest BCUT2D eigenvalue weighted by Crippen LogP contribution is 2.23. The van der Waals surface area contributed by atoms with Crippen LogP contribution < -0.4 is 5.32 Å². The van der Waals surface area contributed by atoms with Gasteiger partial charge in [-0.3, -0.25) is 14.4 Å². The molecule has 0 aliphatic heterocycles. The molecule has 3 rings (SSSR count). The maximum atomic E-state index is 12.3. The van der Waals surface area contributed by atoms with Crippen molar-refractivity contribution < 1.29 is 19.1 Å². The second kappa shape index (κ2) is 9.29. The molecule has 28 heavy (non-hydrogen) atoms. The first-order chi connectivity index (χ1) is 13.6. The summed E-state index contributed by atoms with van der Waals surface area (Å²) < 4.78 is 4.92. The van der Waals surface area contributed by atoms with Gasteiger partial charge < -0.3 is 10.1 Å². The largest absolute Gasteiger partial charge is 0.456 e. The fraction of sp³-hybridized carbons (Fsp3) is 0.333. The standard InChI is InChI=1S/C21H20N2O4S/c22-12-17-9-10-28-21(17)23-19(25)13-27-20(26)8-7-18(24)16-6-5-14-3-1-2-4-15(14)11-16/h5-6,9-11H,1-4,7-8,13H2,(H,23,25). The van der Waals surface area contributed by atoms with Gasteiger partial charge in [0.15, 0.2) is 12.4 Å². The molecule has 0 saturated carbocycles. The van der Waals surface area contributed by atoms with E-state index in [-0.39, 0.29) is 18.6 Å². The second-order valence-corrected chi connectivity index (χ2v) is 7.51. The van der Waals surface area contributed by atoms with Crippen LogP contribution in [0.4, 0.5) is 5.00 Å². The number of nitriles is 1. The van der Waals surface area contributed by atoms with Crippen molar-refractivity contribution in [2.45, 2.75) is 38.5 Å². The Kier molecular flexibility index (Phi) is 6.56. The third-order valence-corrected chi connectivity index (χ3v) is 5.46. The van der Waals surface area contributed by atoms with Gasteiger partial charge >= 0.3 is 5.97 Å². The number of hydrogen-bond donors (Lipinski definition) is 1. The summed E-state index contributed by atoms with van der Waals surface area (Å²) in [5.41, 5.74) is 3.51. The number of aryl methyl sites for hydroxylation is 2. The number of nitrogens with one attached hydrogen (secondary N) is 1. The number of esters is 1. The lowest BCUT2D eigenvalue weighted by molar-refractivity contribution is -0.147. The monoisotopic (exact) mass is 396 g/mol. The number of carbonyl (C=O) groups is 3. The third-order valence-electron chi connectivity index (χ3n) is 4.63. The molecule has 1 aromatic heterocycles. The molecule has 0 atom stereocenters. The molecule has 144 valence electrons. The van der Waals surface area contributed by atoms with Crippen LogP contribution in [-0.4, -0.2) is 24.3 Å². The molecule has 1 aliphatic rings. The van der Waals surface area contributed by atoms with E-state index in [0.717, 1.165) is 19.3 Å². The Morgan fingerprint density at radius 2 is 1.89 bits per heavy atom. The van der Waals surface area contributed by atoms with Crippen molar-refractivity contribution in [3.05, 3.63) is 51.9 Å². The Morgan fingerprint density at radius 3 is 2.68 bits per heavy atom. The maximum Gasteiger partial charge on any atom is 0.306 e. The fourth-order valence-electron chi connectivity index (χ4n) is 3.14. The highest BCUT2D eigenvalue weighted by atomic mass is 32.1. The molecule has 0 bridgehead atoms. The number of anilines is 1. The van der Waals surface area contributed by atoms with Crippen molar-refractivity contribution >= 4 is 34.0 Å². The van der Waals surface area contributed by atoms with Gasteiger partial charge in [0.2, 0.25) is 0 Å². The summed E-state index contributed by atoms with van der Waals surface area (Å²) in [7, 11) is 0. The number of benzene rings is 1. The van der Waals surface area contributed by atoms with Crippen molar-refractivity contribution in [1.82, 2.24) is 0 Å². The van der Waals surface area contributed by atoms with E-state index in [1.54, 1.807) is 11.4 Å². The van der Waals surface area contributed by atoms with Crippen molar-refractivity contribution in [2.75, 3.05) is 11.9 Å². The summed E-state index contributed by atoms with van der Waals surface area (Å²) >= 11 is 1.22. The van der Waals surface area contributed by atoms with Gasteiger partial charge in [-0.2, -0.15) is 5.26 Å². The van der Waals surface area contributed by atoms with Crippen LogP contribution >= 0.6 is 11.3 Å². The van der Waals surface area contributed by atoms with Gasteiger partial charge in [-0.25, -0.2) is 0 Å². The number of ether oxygens (including phenoxy) is 1. The summed E-state index contributed by atoms with van der Waals surface area (Å²) in [5, 5.41) is 13.5. The molecule has 0 radical (unpaired) electrons. The lowest BCUT2D eigenvalue weighted by Crippen LogP contribution is -2.21. The molecular formula is C21H20N2O4S. The minimum atomic E-state index is -0.604. The highest BCUT2D eigenvalue weighted by Gasteiger charge is 2.15. The Balaban J connectivity index is 1.43. The predicted molar refractivity (Wildman–Crippen MR) is 105 cm³/mol.